The zero-order valence-corrected chi connectivity index (χ0v) is 63.1. The molecule has 1 aliphatic rings. The Morgan fingerprint density at radius 1 is 0.457 bits per heavy atom. The third-order valence-corrected chi connectivity index (χ3v) is 19.1. The van der Waals surface area contributed by atoms with Gasteiger partial charge in [0.05, 0.1) is 6.10 Å². The molecule has 1 saturated heterocycles. The number of thioether (sulfide) groups is 1. The maximum absolute atomic E-state index is 15.4. The van der Waals surface area contributed by atoms with Gasteiger partial charge in [-0.25, -0.2) is 0 Å². The molecule has 0 spiro atoms. The summed E-state index contributed by atoms with van der Waals surface area (Å²) >= 11 is 1.44. The Morgan fingerprint density at radius 3 is 1.31 bits per heavy atom. The van der Waals surface area contributed by atoms with Gasteiger partial charge >= 0.3 is 0 Å². The second-order valence-corrected chi connectivity index (χ2v) is 29.6. The van der Waals surface area contributed by atoms with Crippen LogP contribution in [0.4, 0.5) is 0 Å². The van der Waals surface area contributed by atoms with E-state index in [9.17, 15) is 29.1 Å². The predicted octanol–water partition coefficient (Wildman–Crippen LogP) is 4.71. The van der Waals surface area contributed by atoms with Gasteiger partial charge in [-0.2, -0.15) is 11.8 Å². The normalized spacial score (nSPS) is 26.3. The Morgan fingerprint density at radius 2 is 0.862 bits per heavy atom. The number of aliphatic hydroxyl groups is 1. The van der Waals surface area contributed by atoms with Crippen molar-refractivity contribution in [2.45, 2.75) is 243 Å². The van der Waals surface area contributed by atoms with Gasteiger partial charge < -0.3 is 65.6 Å². The molecule has 0 aliphatic carbocycles. The summed E-state index contributed by atoms with van der Waals surface area (Å²) in [6.45, 7) is 36.5. The molecule has 0 saturated carbocycles. The molecule has 1 aliphatic heterocycles. The van der Waals surface area contributed by atoms with Crippen LogP contribution in [0.25, 0.3) is 0 Å². The molecule has 13 atom stereocenters. The number of rotatable bonds is 22. The first-order chi connectivity index (χ1) is 43.6. The number of likely N-dealkylation sites (N-methyl/N-ethyl adjacent to an activating group) is 7. The van der Waals surface area contributed by atoms with Gasteiger partial charge in [0.25, 0.3) is 0 Å². The summed E-state index contributed by atoms with van der Waals surface area (Å²) in [6.07, 6.45) is 3.01. The Balaban J connectivity index is 4.55. The van der Waals surface area contributed by atoms with Crippen molar-refractivity contribution in [2.75, 3.05) is 80.5 Å². The van der Waals surface area contributed by atoms with Gasteiger partial charge in [-0.15, -0.1) is 0 Å². The molecule has 1 rings (SSSR count). The van der Waals surface area contributed by atoms with E-state index in [0.29, 0.717) is 18.7 Å². The number of amides is 11. The van der Waals surface area contributed by atoms with E-state index < -0.39 is 155 Å². The van der Waals surface area contributed by atoms with E-state index in [-0.39, 0.29) is 61.5 Å². The topological polar surface area (TPSA) is 282 Å². The van der Waals surface area contributed by atoms with Gasteiger partial charge in [-0.3, -0.25) is 52.7 Å². The van der Waals surface area contributed by atoms with E-state index in [1.165, 1.54) is 104 Å². The SMILES string of the molecule is C/C=C/C[C@@H](C)[C@@H](O)C1C(=O)N[C@@H](CC)C(=O)N(C)C(CSCCN(CC)CC)C(=O)N(C)[C@@H](CC(C)C)C(=O)N[C@@H](C(C)C)C(=O)N(C)[C@@H](CC(C)C)C(=O)N[C@@H](C)C(=O)N[C@H](C)C(=O)N(C)[C@@H](CC(C)C)C(=O)N(C)[C@@H](CC(C)C)C(=O)N(C)[C@@H](C(C)C)C(=O)N1C. The molecule has 25 heteroatoms. The standard InChI is InChI=1S/C69H126N12O12S/c1-27-31-32-46(17)58(82)57-62(86)72-49(28-2)64(88)78(24)54(39-94-34-33-81(29-3)30-4)67(91)74(20)51(36-41(7)8)61(85)73-55(44(13)14)68(92)75(21)50(35-40(5)6)60(84)70-47(18)59(83)71-48(19)63(87)76(22)52(37-42(9)10)65(89)77(23)53(38-43(11)12)66(90)79(25)56(45(15)16)69(93)80(57)26/h27,31,40-58,82H,28-30,32-39H2,1-26H3,(H,70,84)(H,71,83)(H,72,86)(H,73,85)/b31-27+/t46-,47+,48-,49+,50+,51+,52+,53+,54?,55+,56+,57?,58-/m1/s1. The molecule has 24 nitrogen and oxygen atoms in total. The van der Waals surface area contributed by atoms with Crippen molar-refractivity contribution in [3.05, 3.63) is 12.2 Å². The van der Waals surface area contributed by atoms with Gasteiger partial charge in [0.1, 0.15) is 66.5 Å². The van der Waals surface area contributed by atoms with E-state index in [0.717, 1.165) is 18.0 Å². The summed E-state index contributed by atoms with van der Waals surface area (Å²) < 4.78 is 0. The van der Waals surface area contributed by atoms with Crippen molar-refractivity contribution in [2.24, 2.45) is 41.4 Å². The molecule has 0 aromatic rings. The fourth-order valence-corrected chi connectivity index (χ4v) is 13.1. The van der Waals surface area contributed by atoms with Crippen LogP contribution in [-0.4, -0.2) is 262 Å². The quantitative estimate of drug-likeness (QED) is 0.0726. The molecular formula is C69H126N12O12S. The fourth-order valence-electron chi connectivity index (χ4n) is 11.9. The van der Waals surface area contributed by atoms with Crippen LogP contribution in [0.3, 0.4) is 0 Å². The maximum atomic E-state index is 15.4. The van der Waals surface area contributed by atoms with Crippen LogP contribution in [0.1, 0.15) is 170 Å². The minimum Gasteiger partial charge on any atom is -0.390 e. The highest BCUT2D eigenvalue weighted by atomic mass is 32.2. The van der Waals surface area contributed by atoms with E-state index in [2.05, 4.69) is 26.2 Å². The number of carbonyl (C=O) groups excluding carboxylic acids is 11. The Kier molecular flexibility index (Phi) is 37.3. The number of nitrogens with zero attached hydrogens (tertiary/aromatic N) is 8. The smallest absolute Gasteiger partial charge is 0.246 e. The first-order valence-corrected chi connectivity index (χ1v) is 35.4. The summed E-state index contributed by atoms with van der Waals surface area (Å²) in [5.41, 5.74) is 0. The summed E-state index contributed by atoms with van der Waals surface area (Å²) in [5.74, 6) is -9.04. The monoisotopic (exact) mass is 1350 g/mol. The Bertz CT molecular complexity index is 2530. The van der Waals surface area contributed by atoms with Gasteiger partial charge in [0.2, 0.25) is 65.0 Å². The largest absolute Gasteiger partial charge is 0.390 e. The highest BCUT2D eigenvalue weighted by Crippen LogP contribution is 2.26. The molecule has 2 unspecified atom stereocenters. The first-order valence-electron chi connectivity index (χ1n) is 34.3. The summed E-state index contributed by atoms with van der Waals surface area (Å²) in [4.78, 5) is 175. The van der Waals surface area contributed by atoms with E-state index in [1.54, 1.807) is 47.6 Å². The van der Waals surface area contributed by atoms with Crippen molar-refractivity contribution in [3.8, 4) is 0 Å². The molecule has 11 amide bonds. The van der Waals surface area contributed by atoms with Gasteiger partial charge in [-0.05, 0) is 114 Å². The van der Waals surface area contributed by atoms with Crippen molar-refractivity contribution in [1.82, 2.24) is 60.5 Å². The van der Waals surface area contributed by atoms with Crippen LogP contribution in [-0.2, 0) is 52.7 Å². The first kappa shape index (κ1) is 86.2. The Hall–Kier alpha value is -5.82. The molecule has 5 N–H and O–H groups in total. The maximum Gasteiger partial charge on any atom is 0.246 e. The number of nitrogens with one attached hydrogen (secondary N) is 4. The fraction of sp³-hybridized carbons (Fsp3) is 0.812. The van der Waals surface area contributed by atoms with Gasteiger partial charge in [-0.1, -0.05) is 123 Å². The van der Waals surface area contributed by atoms with Crippen LogP contribution in [0, 0.1) is 41.4 Å². The zero-order chi connectivity index (χ0) is 72.7. The Labute approximate surface area is 569 Å². The number of carbonyl (C=O) groups is 11. The predicted molar refractivity (Wildman–Crippen MR) is 372 cm³/mol. The third-order valence-electron chi connectivity index (χ3n) is 18.1. The number of allylic oxidation sites excluding steroid dienone is 2. The second-order valence-electron chi connectivity index (χ2n) is 28.4. The molecule has 540 valence electrons. The van der Waals surface area contributed by atoms with Crippen molar-refractivity contribution >= 4 is 76.7 Å². The lowest BCUT2D eigenvalue weighted by atomic mass is 9.91. The minimum absolute atomic E-state index is 0.0108. The van der Waals surface area contributed by atoms with Crippen LogP contribution in [0.15, 0.2) is 12.2 Å². The zero-order valence-electron chi connectivity index (χ0n) is 62.3. The van der Waals surface area contributed by atoms with Crippen molar-refractivity contribution in [3.63, 3.8) is 0 Å². The van der Waals surface area contributed by atoms with Gasteiger partial charge in [0.15, 0.2) is 0 Å². The summed E-state index contributed by atoms with van der Waals surface area (Å²) in [6, 6.07) is -13.7. The number of hydrogen-bond donors (Lipinski definition) is 5. The van der Waals surface area contributed by atoms with E-state index in [1.807, 2.05) is 82.2 Å². The van der Waals surface area contributed by atoms with E-state index in [4.69, 9.17) is 0 Å². The van der Waals surface area contributed by atoms with Crippen LogP contribution >= 0.6 is 11.8 Å². The molecular weight excluding hydrogens is 1220 g/mol. The molecule has 0 aromatic heterocycles. The molecule has 0 bridgehead atoms. The average molecular weight is 1350 g/mol. The summed E-state index contributed by atoms with van der Waals surface area (Å²) in [7, 11) is 10.1. The third kappa shape index (κ3) is 24.7. The lowest BCUT2D eigenvalue weighted by molar-refractivity contribution is -0.157. The number of aliphatic hydroxyl groups excluding tert-OH is 1. The van der Waals surface area contributed by atoms with Crippen LogP contribution in [0.5, 0.6) is 0 Å². The highest BCUT2D eigenvalue weighted by Gasteiger charge is 2.46. The van der Waals surface area contributed by atoms with Crippen molar-refractivity contribution in [1.29, 1.82) is 0 Å². The highest BCUT2D eigenvalue weighted by molar-refractivity contribution is 7.99. The van der Waals surface area contributed by atoms with Crippen molar-refractivity contribution < 1.29 is 57.8 Å². The molecule has 0 radical (unpaired) electrons. The molecule has 1 heterocycles. The molecule has 1 fully saturated rings. The number of hydrogen-bond acceptors (Lipinski definition) is 14. The second kappa shape index (κ2) is 40.7. The average Bonchev–Trinajstić information content (AvgIpc) is 0.858. The lowest BCUT2D eigenvalue weighted by Crippen LogP contribution is -2.64. The van der Waals surface area contributed by atoms with Crippen LogP contribution < -0.4 is 21.3 Å². The van der Waals surface area contributed by atoms with Gasteiger partial charge in [0, 0.05) is 67.4 Å². The molecule has 0 aromatic carbocycles. The molecule has 94 heavy (non-hydrogen) atoms. The lowest BCUT2D eigenvalue weighted by Gasteiger charge is -2.41. The van der Waals surface area contributed by atoms with Crippen LogP contribution in [0.2, 0.25) is 0 Å². The summed E-state index contributed by atoms with van der Waals surface area (Å²) in [5, 5.41) is 23.5. The minimum atomic E-state index is -1.63. The van der Waals surface area contributed by atoms with E-state index >= 15 is 28.8 Å².